The number of amides is 3. The fourth-order valence-electron chi connectivity index (χ4n) is 2.70. The van der Waals surface area contributed by atoms with Crippen LogP contribution in [0.2, 0.25) is 0 Å². The third-order valence-corrected chi connectivity index (χ3v) is 4.40. The molecule has 1 aliphatic rings. The number of primary amides is 1. The number of rotatable bonds is 9. The second-order valence-electron chi connectivity index (χ2n) is 6.74. The highest BCUT2D eigenvalue weighted by Gasteiger charge is 2.24. The van der Waals surface area contributed by atoms with E-state index in [9.17, 15) is 14.4 Å². The Morgan fingerprint density at radius 2 is 1.57 bits per heavy atom. The quantitative estimate of drug-likeness (QED) is 0.574. The number of benzene rings is 2. The molecule has 0 aromatic heterocycles. The Bertz CT molecular complexity index is 929. The van der Waals surface area contributed by atoms with Gasteiger partial charge in [0.1, 0.15) is 0 Å². The van der Waals surface area contributed by atoms with Crippen molar-refractivity contribution in [1.82, 2.24) is 5.32 Å². The zero-order chi connectivity index (χ0) is 21.7. The third kappa shape index (κ3) is 5.19. The normalized spacial score (nSPS) is 12.6. The summed E-state index contributed by atoms with van der Waals surface area (Å²) in [6.07, 6.45) is 2.03. The first-order chi connectivity index (χ1) is 14.4. The molecule has 30 heavy (non-hydrogen) atoms. The zero-order valence-corrected chi connectivity index (χ0v) is 16.7. The number of nitrogens with two attached hydrogens (primary N) is 1. The van der Waals surface area contributed by atoms with Crippen LogP contribution in [-0.4, -0.2) is 44.6 Å². The third-order valence-electron chi connectivity index (χ3n) is 4.40. The van der Waals surface area contributed by atoms with Gasteiger partial charge in [-0.1, -0.05) is 0 Å². The number of anilines is 1. The van der Waals surface area contributed by atoms with Gasteiger partial charge in [0.05, 0.1) is 14.2 Å². The first-order valence-corrected chi connectivity index (χ1v) is 9.30. The SMILES string of the molecule is COc1cc(C(=O)Nc2ccc(C(=O)NC3CC3)cc2)cc(OC)c1OCC(N)=O. The molecule has 0 unspecified atom stereocenters. The maximum Gasteiger partial charge on any atom is 0.255 e. The van der Waals surface area contributed by atoms with E-state index in [1.165, 1.54) is 26.4 Å². The topological polar surface area (TPSA) is 129 Å². The Kier molecular flexibility index (Phi) is 6.41. The minimum Gasteiger partial charge on any atom is -0.493 e. The molecule has 2 aromatic carbocycles. The Morgan fingerprint density at radius 1 is 0.967 bits per heavy atom. The smallest absolute Gasteiger partial charge is 0.255 e. The summed E-state index contributed by atoms with van der Waals surface area (Å²) in [5, 5.41) is 5.66. The average molecular weight is 413 g/mol. The van der Waals surface area contributed by atoms with E-state index in [0.29, 0.717) is 11.3 Å². The maximum atomic E-state index is 12.7. The van der Waals surface area contributed by atoms with Crippen molar-refractivity contribution in [3.63, 3.8) is 0 Å². The first kappa shape index (κ1) is 21.0. The predicted octanol–water partition coefficient (Wildman–Crippen LogP) is 1.71. The summed E-state index contributed by atoms with van der Waals surface area (Å²) in [7, 11) is 2.80. The highest BCUT2D eigenvalue weighted by atomic mass is 16.5. The van der Waals surface area contributed by atoms with Crippen LogP contribution >= 0.6 is 0 Å². The highest BCUT2D eigenvalue weighted by Crippen LogP contribution is 2.38. The Balaban J connectivity index is 1.74. The predicted molar refractivity (Wildman–Crippen MR) is 109 cm³/mol. The van der Waals surface area contributed by atoms with Crippen LogP contribution in [-0.2, 0) is 4.79 Å². The summed E-state index contributed by atoms with van der Waals surface area (Å²) in [6.45, 7) is -0.362. The molecule has 9 nitrogen and oxygen atoms in total. The van der Waals surface area contributed by atoms with E-state index < -0.39 is 11.8 Å². The number of methoxy groups -OCH3 is 2. The van der Waals surface area contributed by atoms with Crippen LogP contribution < -0.4 is 30.6 Å². The molecule has 4 N–H and O–H groups in total. The minimum atomic E-state index is -0.657. The van der Waals surface area contributed by atoms with E-state index in [1.807, 2.05) is 0 Å². The molecular formula is C21H23N3O6. The van der Waals surface area contributed by atoms with Crippen molar-refractivity contribution in [2.75, 3.05) is 26.1 Å². The van der Waals surface area contributed by atoms with Crippen LogP contribution in [0.15, 0.2) is 36.4 Å². The second kappa shape index (κ2) is 9.17. The van der Waals surface area contributed by atoms with Gasteiger partial charge in [-0.2, -0.15) is 0 Å². The molecular weight excluding hydrogens is 390 g/mol. The molecule has 1 saturated carbocycles. The summed E-state index contributed by atoms with van der Waals surface area (Å²) < 4.78 is 15.9. The fraction of sp³-hybridized carbons (Fsp3) is 0.286. The molecule has 9 heteroatoms. The molecule has 0 heterocycles. The van der Waals surface area contributed by atoms with Gasteiger partial charge < -0.3 is 30.6 Å². The van der Waals surface area contributed by atoms with Gasteiger partial charge in [-0.25, -0.2) is 0 Å². The van der Waals surface area contributed by atoms with E-state index in [1.54, 1.807) is 24.3 Å². The Morgan fingerprint density at radius 3 is 2.07 bits per heavy atom. The number of nitrogens with one attached hydrogen (secondary N) is 2. The Hall–Kier alpha value is -3.75. The molecule has 0 spiro atoms. The van der Waals surface area contributed by atoms with E-state index in [4.69, 9.17) is 19.9 Å². The molecule has 0 bridgehead atoms. The van der Waals surface area contributed by atoms with Crippen molar-refractivity contribution < 1.29 is 28.6 Å². The number of hydrogen-bond acceptors (Lipinski definition) is 6. The molecule has 158 valence electrons. The second-order valence-corrected chi connectivity index (χ2v) is 6.74. The molecule has 0 atom stereocenters. The summed E-state index contributed by atoms with van der Waals surface area (Å²) in [4.78, 5) is 35.7. The van der Waals surface area contributed by atoms with Gasteiger partial charge in [0.2, 0.25) is 5.75 Å². The van der Waals surface area contributed by atoms with E-state index in [-0.39, 0.29) is 41.4 Å². The lowest BCUT2D eigenvalue weighted by molar-refractivity contribution is -0.120. The van der Waals surface area contributed by atoms with Crippen LogP contribution in [0.3, 0.4) is 0 Å². The Labute approximate surface area is 173 Å². The van der Waals surface area contributed by atoms with Gasteiger partial charge in [0, 0.05) is 22.9 Å². The van der Waals surface area contributed by atoms with E-state index >= 15 is 0 Å². The summed E-state index contributed by atoms with van der Waals surface area (Å²) >= 11 is 0. The van der Waals surface area contributed by atoms with Gasteiger partial charge in [-0.15, -0.1) is 0 Å². The van der Waals surface area contributed by atoms with Crippen molar-refractivity contribution in [3.05, 3.63) is 47.5 Å². The minimum absolute atomic E-state index is 0.128. The van der Waals surface area contributed by atoms with Gasteiger partial charge in [0.25, 0.3) is 17.7 Å². The van der Waals surface area contributed by atoms with E-state index in [2.05, 4.69) is 10.6 Å². The van der Waals surface area contributed by atoms with E-state index in [0.717, 1.165) is 12.8 Å². The lowest BCUT2D eigenvalue weighted by atomic mass is 10.1. The number of carbonyl (C=O) groups is 3. The number of ether oxygens (including phenoxy) is 3. The van der Waals surface area contributed by atoms with Crippen LogP contribution in [0.5, 0.6) is 17.2 Å². The maximum absolute atomic E-state index is 12.7. The summed E-state index contributed by atoms with van der Waals surface area (Å²) in [6, 6.07) is 9.80. The van der Waals surface area contributed by atoms with Gasteiger partial charge in [-0.3, -0.25) is 14.4 Å². The molecule has 0 saturated heterocycles. The van der Waals surface area contributed by atoms with Crippen molar-refractivity contribution in [3.8, 4) is 17.2 Å². The standard InChI is InChI=1S/C21H23N3O6/c1-28-16-9-13(10-17(29-2)19(16)30-11-18(22)25)21(27)24-14-5-3-12(4-6-14)20(26)23-15-7-8-15/h3-6,9-10,15H,7-8,11H2,1-2H3,(H2,22,25)(H,23,26)(H,24,27). The van der Waals surface area contributed by atoms with Crippen LogP contribution in [0.4, 0.5) is 5.69 Å². The first-order valence-electron chi connectivity index (χ1n) is 9.30. The van der Waals surface area contributed by atoms with Crippen LogP contribution in [0.25, 0.3) is 0 Å². The molecule has 3 amide bonds. The lowest BCUT2D eigenvalue weighted by Gasteiger charge is -2.15. The van der Waals surface area contributed by atoms with Gasteiger partial charge in [0.15, 0.2) is 18.1 Å². The highest BCUT2D eigenvalue weighted by molar-refractivity contribution is 6.05. The average Bonchev–Trinajstić information content (AvgIpc) is 3.55. The van der Waals surface area contributed by atoms with Crippen molar-refractivity contribution >= 4 is 23.4 Å². The monoisotopic (exact) mass is 413 g/mol. The molecule has 0 aliphatic heterocycles. The van der Waals surface area contributed by atoms with Crippen molar-refractivity contribution in [2.45, 2.75) is 18.9 Å². The van der Waals surface area contributed by atoms with Gasteiger partial charge in [-0.05, 0) is 49.2 Å². The zero-order valence-electron chi connectivity index (χ0n) is 16.7. The fourth-order valence-corrected chi connectivity index (χ4v) is 2.70. The van der Waals surface area contributed by atoms with Crippen LogP contribution in [0, 0.1) is 0 Å². The molecule has 1 aliphatic carbocycles. The molecule has 3 rings (SSSR count). The molecule has 0 radical (unpaired) electrons. The largest absolute Gasteiger partial charge is 0.493 e. The van der Waals surface area contributed by atoms with Gasteiger partial charge >= 0.3 is 0 Å². The van der Waals surface area contributed by atoms with Crippen LogP contribution in [0.1, 0.15) is 33.6 Å². The molecule has 1 fully saturated rings. The summed E-state index contributed by atoms with van der Waals surface area (Å²) in [5.74, 6) is -0.600. The number of carbonyl (C=O) groups excluding carboxylic acids is 3. The number of hydrogen-bond donors (Lipinski definition) is 3. The lowest BCUT2D eigenvalue weighted by Crippen LogP contribution is -2.25. The van der Waals surface area contributed by atoms with Crippen molar-refractivity contribution in [1.29, 1.82) is 0 Å². The van der Waals surface area contributed by atoms with Crippen molar-refractivity contribution in [2.24, 2.45) is 5.73 Å². The summed E-state index contributed by atoms with van der Waals surface area (Å²) in [5.41, 5.74) is 6.41. The molecule has 2 aromatic rings.